The first-order chi connectivity index (χ1) is 13.9. The summed E-state index contributed by atoms with van der Waals surface area (Å²) in [6, 6.07) is 9.19. The lowest BCUT2D eigenvalue weighted by atomic mass is 10.0. The van der Waals surface area contributed by atoms with Gasteiger partial charge in [0.1, 0.15) is 12.4 Å². The summed E-state index contributed by atoms with van der Waals surface area (Å²) < 4.78 is 22.0. The molecule has 0 aliphatic rings. The van der Waals surface area contributed by atoms with Gasteiger partial charge >= 0.3 is 0 Å². The van der Waals surface area contributed by atoms with Crippen molar-refractivity contribution in [2.45, 2.75) is 6.92 Å². The van der Waals surface area contributed by atoms with Crippen molar-refractivity contribution in [3.63, 3.8) is 0 Å². The summed E-state index contributed by atoms with van der Waals surface area (Å²) in [5, 5.41) is 0. The van der Waals surface area contributed by atoms with Crippen molar-refractivity contribution in [3.8, 4) is 23.0 Å². The highest BCUT2D eigenvalue weighted by Gasteiger charge is 2.15. The van der Waals surface area contributed by atoms with E-state index in [9.17, 15) is 4.79 Å². The van der Waals surface area contributed by atoms with Crippen LogP contribution in [0.3, 0.4) is 0 Å². The third kappa shape index (κ3) is 5.74. The number of methoxy groups -OCH3 is 3. The molecule has 2 aromatic rings. The molecule has 0 aromatic heterocycles. The van der Waals surface area contributed by atoms with E-state index in [0.717, 1.165) is 12.1 Å². The van der Waals surface area contributed by atoms with E-state index in [0.29, 0.717) is 40.7 Å². The number of carbonyl (C=O) groups is 1. The topological polar surface area (TPSA) is 57.2 Å². The fourth-order valence-corrected chi connectivity index (χ4v) is 2.81. The fourth-order valence-electron chi connectivity index (χ4n) is 2.81. The van der Waals surface area contributed by atoms with Gasteiger partial charge in [-0.1, -0.05) is 11.6 Å². The fraction of sp³-hybridized carbons (Fsp3) is 0.348. The Bertz CT molecular complexity index is 874. The van der Waals surface area contributed by atoms with Crippen LogP contribution in [-0.2, 0) is 0 Å². The lowest BCUT2D eigenvalue weighted by Gasteiger charge is -2.14. The van der Waals surface area contributed by atoms with Crippen molar-refractivity contribution in [1.29, 1.82) is 0 Å². The molecular weight excluding hydrogens is 370 g/mol. The van der Waals surface area contributed by atoms with E-state index in [1.165, 1.54) is 6.08 Å². The number of likely N-dealkylation sites (N-methyl/N-ethyl adjacent to an activating group) is 1. The molecule has 0 bridgehead atoms. The van der Waals surface area contributed by atoms with Gasteiger partial charge < -0.3 is 23.8 Å². The number of rotatable bonds is 10. The Morgan fingerprint density at radius 1 is 0.966 bits per heavy atom. The van der Waals surface area contributed by atoms with Gasteiger partial charge in [-0.15, -0.1) is 0 Å². The number of ketones is 1. The summed E-state index contributed by atoms with van der Waals surface area (Å²) in [4.78, 5) is 14.9. The maximum Gasteiger partial charge on any atom is 0.203 e. The van der Waals surface area contributed by atoms with Crippen LogP contribution in [0.4, 0.5) is 0 Å². The molecule has 29 heavy (non-hydrogen) atoms. The van der Waals surface area contributed by atoms with Crippen LogP contribution in [0.2, 0.25) is 0 Å². The Balaban J connectivity index is 2.30. The molecule has 0 aliphatic heterocycles. The second-order valence-corrected chi connectivity index (χ2v) is 6.77. The number of allylic oxidation sites excluding steroid dienone is 1. The molecular formula is C23H29NO5. The second-order valence-electron chi connectivity index (χ2n) is 6.77. The van der Waals surface area contributed by atoms with Gasteiger partial charge in [0, 0.05) is 12.1 Å². The van der Waals surface area contributed by atoms with Crippen molar-refractivity contribution in [1.82, 2.24) is 4.90 Å². The zero-order valence-corrected chi connectivity index (χ0v) is 17.9. The van der Waals surface area contributed by atoms with Gasteiger partial charge in [-0.2, -0.15) is 0 Å². The van der Waals surface area contributed by atoms with Crippen LogP contribution in [0, 0.1) is 6.92 Å². The van der Waals surface area contributed by atoms with Gasteiger partial charge in [-0.25, -0.2) is 0 Å². The number of benzene rings is 2. The highest BCUT2D eigenvalue weighted by atomic mass is 16.5. The molecule has 2 aromatic carbocycles. The van der Waals surface area contributed by atoms with Crippen molar-refractivity contribution in [2.24, 2.45) is 0 Å². The molecule has 0 saturated heterocycles. The van der Waals surface area contributed by atoms with E-state index in [4.69, 9.17) is 18.9 Å². The zero-order chi connectivity index (χ0) is 21.4. The Labute approximate surface area is 172 Å². The third-order valence-electron chi connectivity index (χ3n) is 4.35. The van der Waals surface area contributed by atoms with Crippen LogP contribution in [-0.4, -0.2) is 59.3 Å². The summed E-state index contributed by atoms with van der Waals surface area (Å²) in [5.41, 5.74) is 2.23. The average molecular weight is 399 g/mol. The monoisotopic (exact) mass is 399 g/mol. The lowest BCUT2D eigenvalue weighted by Crippen LogP contribution is -2.20. The first-order valence-corrected chi connectivity index (χ1v) is 9.30. The summed E-state index contributed by atoms with van der Waals surface area (Å²) in [6.07, 6.45) is 3.21. The molecule has 0 unspecified atom stereocenters. The number of aryl methyl sites for hydroxylation is 1. The van der Waals surface area contributed by atoms with Crippen molar-refractivity contribution < 1.29 is 23.7 Å². The first kappa shape index (κ1) is 22.3. The molecule has 0 atom stereocenters. The first-order valence-electron chi connectivity index (χ1n) is 9.30. The standard InChI is InChI=1S/C23H29NO5/c1-16-7-11-20(29-14-13-24(2)3)18(15-16)19(25)10-8-17-9-12-21(26-4)23(28-6)22(17)27-5/h7-12,15H,13-14H2,1-6H3. The SMILES string of the molecule is COc1ccc(C=CC(=O)c2cc(C)ccc2OCCN(C)C)c(OC)c1OC. The lowest BCUT2D eigenvalue weighted by molar-refractivity contribution is 0.104. The van der Waals surface area contributed by atoms with Crippen LogP contribution < -0.4 is 18.9 Å². The molecule has 0 heterocycles. The predicted molar refractivity (Wildman–Crippen MR) is 115 cm³/mol. The van der Waals surface area contributed by atoms with Crippen LogP contribution in [0.1, 0.15) is 21.5 Å². The molecule has 6 heteroatoms. The smallest absolute Gasteiger partial charge is 0.203 e. The molecule has 0 saturated carbocycles. The third-order valence-corrected chi connectivity index (χ3v) is 4.35. The second kappa shape index (κ2) is 10.5. The number of hydrogen-bond donors (Lipinski definition) is 0. The highest BCUT2D eigenvalue weighted by molar-refractivity contribution is 6.09. The quantitative estimate of drug-likeness (QED) is 0.447. The molecule has 0 fully saturated rings. The normalized spacial score (nSPS) is 11.0. The van der Waals surface area contributed by atoms with Crippen LogP contribution in [0.25, 0.3) is 6.08 Å². The van der Waals surface area contributed by atoms with E-state index in [1.807, 2.05) is 50.2 Å². The molecule has 0 radical (unpaired) electrons. The maximum atomic E-state index is 12.9. The molecule has 156 valence electrons. The maximum absolute atomic E-state index is 12.9. The molecule has 6 nitrogen and oxygen atoms in total. The van der Waals surface area contributed by atoms with Crippen molar-refractivity contribution >= 4 is 11.9 Å². The molecule has 0 spiro atoms. The summed E-state index contributed by atoms with van der Waals surface area (Å²) in [6.45, 7) is 3.21. The highest BCUT2D eigenvalue weighted by Crippen LogP contribution is 2.40. The van der Waals surface area contributed by atoms with Crippen LogP contribution in [0.5, 0.6) is 23.0 Å². The van der Waals surface area contributed by atoms with Crippen molar-refractivity contribution in [3.05, 3.63) is 53.1 Å². The minimum absolute atomic E-state index is 0.148. The van der Waals surface area contributed by atoms with Gasteiger partial charge in [0.05, 0.1) is 26.9 Å². The Morgan fingerprint density at radius 2 is 1.66 bits per heavy atom. The minimum atomic E-state index is -0.148. The Hall–Kier alpha value is -2.99. The number of hydrogen-bond acceptors (Lipinski definition) is 6. The Morgan fingerprint density at radius 3 is 2.28 bits per heavy atom. The minimum Gasteiger partial charge on any atom is -0.493 e. The van der Waals surface area contributed by atoms with E-state index < -0.39 is 0 Å². The number of ether oxygens (including phenoxy) is 4. The Kier molecular flexibility index (Phi) is 8.09. The van der Waals surface area contributed by atoms with Crippen LogP contribution >= 0.6 is 0 Å². The van der Waals surface area contributed by atoms with E-state index in [1.54, 1.807) is 33.5 Å². The molecule has 0 N–H and O–H groups in total. The van der Waals surface area contributed by atoms with Gasteiger partial charge in [0.15, 0.2) is 17.3 Å². The largest absolute Gasteiger partial charge is 0.493 e. The van der Waals surface area contributed by atoms with E-state index in [2.05, 4.69) is 0 Å². The van der Waals surface area contributed by atoms with Crippen LogP contribution in [0.15, 0.2) is 36.4 Å². The average Bonchev–Trinajstić information content (AvgIpc) is 2.71. The summed E-state index contributed by atoms with van der Waals surface area (Å²) >= 11 is 0. The molecule has 2 rings (SSSR count). The van der Waals surface area contributed by atoms with E-state index in [-0.39, 0.29) is 5.78 Å². The molecule has 0 amide bonds. The van der Waals surface area contributed by atoms with Gasteiger partial charge in [-0.05, 0) is 57.4 Å². The summed E-state index contributed by atoms with van der Waals surface area (Å²) in [5.74, 6) is 1.97. The van der Waals surface area contributed by atoms with Gasteiger partial charge in [-0.3, -0.25) is 4.79 Å². The van der Waals surface area contributed by atoms with Gasteiger partial charge in [0.2, 0.25) is 5.75 Å². The zero-order valence-electron chi connectivity index (χ0n) is 17.9. The molecule has 0 aliphatic carbocycles. The van der Waals surface area contributed by atoms with Gasteiger partial charge in [0.25, 0.3) is 0 Å². The predicted octanol–water partition coefficient (Wildman–Crippen LogP) is 3.86. The number of nitrogens with zero attached hydrogens (tertiary/aromatic N) is 1. The summed E-state index contributed by atoms with van der Waals surface area (Å²) in [7, 11) is 8.61. The number of carbonyl (C=O) groups excluding carboxylic acids is 1. The van der Waals surface area contributed by atoms with E-state index >= 15 is 0 Å². The van der Waals surface area contributed by atoms with Crippen molar-refractivity contribution in [2.75, 3.05) is 48.6 Å².